The van der Waals surface area contributed by atoms with Crippen molar-refractivity contribution in [3.8, 4) is 0 Å². The number of non-ortho nitro benzene ring substituents is 1. The molecule has 0 fully saturated rings. The number of benzene rings is 1. The molecule has 1 aromatic rings. The zero-order chi connectivity index (χ0) is 20.0. The third-order valence-corrected chi connectivity index (χ3v) is 4.66. The first-order valence-electron chi connectivity index (χ1n) is 9.20. The quantitative estimate of drug-likeness (QED) is 0.339. The van der Waals surface area contributed by atoms with Gasteiger partial charge in [-0.2, -0.15) is 8.42 Å². The molecule has 0 heterocycles. The second-order valence-corrected chi connectivity index (χ2v) is 7.55. The lowest BCUT2D eigenvalue weighted by atomic mass is 10.2. The van der Waals surface area contributed by atoms with Gasteiger partial charge in [0.1, 0.15) is 4.90 Å². The molecule has 0 saturated carbocycles. The Morgan fingerprint density at radius 1 is 1.00 bits per heavy atom. The molecule has 1 rings (SSSR count). The molecule has 8 heteroatoms. The average Bonchev–Trinajstić information content (AvgIpc) is 2.61. The SMILES string of the molecule is CCCCN(CCCC)CCCC.O=[N+]([O-])c1cccc(S(=O)(=O)O)c1. The molecule has 26 heavy (non-hydrogen) atoms. The number of unbranched alkanes of at least 4 members (excludes halogenated alkanes) is 3. The van der Waals surface area contributed by atoms with Crippen molar-refractivity contribution in [1.82, 2.24) is 4.90 Å². The molecule has 7 nitrogen and oxygen atoms in total. The van der Waals surface area contributed by atoms with E-state index in [9.17, 15) is 18.5 Å². The summed E-state index contributed by atoms with van der Waals surface area (Å²) in [4.78, 5) is 11.6. The summed E-state index contributed by atoms with van der Waals surface area (Å²) >= 11 is 0. The van der Waals surface area contributed by atoms with E-state index in [1.54, 1.807) is 0 Å². The standard InChI is InChI=1S/C12H27N.C6H5NO5S/c1-4-7-10-13(11-8-5-2)12-9-6-3;8-7(9)5-2-1-3-6(4-5)13(10,11)12/h4-12H2,1-3H3;1-4H,(H,10,11,12). The van der Waals surface area contributed by atoms with Crippen LogP contribution in [0.2, 0.25) is 0 Å². The highest BCUT2D eigenvalue weighted by Gasteiger charge is 2.13. The summed E-state index contributed by atoms with van der Waals surface area (Å²) in [5.41, 5.74) is -0.380. The highest BCUT2D eigenvalue weighted by atomic mass is 32.2. The van der Waals surface area contributed by atoms with Crippen LogP contribution in [0.25, 0.3) is 0 Å². The van der Waals surface area contributed by atoms with Crippen LogP contribution >= 0.6 is 0 Å². The molecular weight excluding hydrogens is 356 g/mol. The summed E-state index contributed by atoms with van der Waals surface area (Å²) in [6.45, 7) is 10.8. The molecule has 0 bridgehead atoms. The van der Waals surface area contributed by atoms with E-state index in [1.165, 1.54) is 64.2 Å². The second kappa shape index (κ2) is 13.7. The maximum Gasteiger partial charge on any atom is 0.294 e. The molecule has 0 unspecified atom stereocenters. The number of hydrogen-bond donors (Lipinski definition) is 1. The van der Waals surface area contributed by atoms with Gasteiger partial charge in [0.25, 0.3) is 15.8 Å². The monoisotopic (exact) mass is 388 g/mol. The molecule has 0 spiro atoms. The zero-order valence-electron chi connectivity index (χ0n) is 16.1. The van der Waals surface area contributed by atoms with Crippen LogP contribution in [-0.2, 0) is 10.1 Å². The van der Waals surface area contributed by atoms with Gasteiger partial charge in [0, 0.05) is 12.1 Å². The Kier molecular flexibility index (Phi) is 12.9. The van der Waals surface area contributed by atoms with Gasteiger partial charge < -0.3 is 4.90 Å². The van der Waals surface area contributed by atoms with E-state index in [0.717, 1.165) is 18.2 Å². The summed E-state index contributed by atoms with van der Waals surface area (Å²) < 4.78 is 29.6. The van der Waals surface area contributed by atoms with Crippen LogP contribution in [0.15, 0.2) is 29.2 Å². The third-order valence-electron chi connectivity index (χ3n) is 3.81. The maximum atomic E-state index is 10.5. The van der Waals surface area contributed by atoms with Crippen LogP contribution in [0.1, 0.15) is 59.3 Å². The van der Waals surface area contributed by atoms with Gasteiger partial charge in [0.2, 0.25) is 0 Å². The van der Waals surface area contributed by atoms with Crippen molar-refractivity contribution in [2.24, 2.45) is 0 Å². The van der Waals surface area contributed by atoms with Gasteiger partial charge in [-0.3, -0.25) is 14.7 Å². The van der Waals surface area contributed by atoms with Gasteiger partial charge in [0.05, 0.1) is 4.92 Å². The van der Waals surface area contributed by atoms with Crippen molar-refractivity contribution in [2.75, 3.05) is 19.6 Å². The zero-order valence-corrected chi connectivity index (χ0v) is 16.9. The van der Waals surface area contributed by atoms with E-state index >= 15 is 0 Å². The summed E-state index contributed by atoms with van der Waals surface area (Å²) in [7, 11) is -4.36. The first-order chi connectivity index (χ1) is 12.3. The molecule has 0 aliphatic carbocycles. The Morgan fingerprint density at radius 2 is 1.46 bits per heavy atom. The Balaban J connectivity index is 0.000000481. The van der Waals surface area contributed by atoms with Crippen molar-refractivity contribution >= 4 is 15.8 Å². The smallest absolute Gasteiger partial charge is 0.294 e. The van der Waals surface area contributed by atoms with Crippen molar-refractivity contribution in [3.05, 3.63) is 34.4 Å². The molecule has 0 atom stereocenters. The van der Waals surface area contributed by atoms with E-state index in [1.807, 2.05) is 0 Å². The predicted octanol–water partition coefficient (Wildman–Crippen LogP) is 4.53. The van der Waals surface area contributed by atoms with Gasteiger partial charge in [0.15, 0.2) is 0 Å². The van der Waals surface area contributed by atoms with Gasteiger partial charge in [-0.1, -0.05) is 46.1 Å². The van der Waals surface area contributed by atoms with Crippen LogP contribution in [0.3, 0.4) is 0 Å². The Bertz CT molecular complexity index is 601. The fourth-order valence-corrected chi connectivity index (χ4v) is 2.76. The van der Waals surface area contributed by atoms with Gasteiger partial charge in [-0.05, 0) is 45.0 Å². The van der Waals surface area contributed by atoms with E-state index in [-0.39, 0.29) is 5.69 Å². The van der Waals surface area contributed by atoms with Gasteiger partial charge in [-0.15, -0.1) is 0 Å². The minimum atomic E-state index is -4.36. The summed E-state index contributed by atoms with van der Waals surface area (Å²) in [5, 5.41) is 10.2. The van der Waals surface area contributed by atoms with Crippen LogP contribution in [0.5, 0.6) is 0 Å². The summed E-state index contributed by atoms with van der Waals surface area (Å²) in [6.07, 6.45) is 8.09. The van der Waals surface area contributed by atoms with Crippen LogP contribution in [0.4, 0.5) is 5.69 Å². The molecule has 1 aromatic carbocycles. The van der Waals surface area contributed by atoms with E-state index in [4.69, 9.17) is 4.55 Å². The van der Waals surface area contributed by atoms with E-state index in [2.05, 4.69) is 25.7 Å². The minimum absolute atomic E-state index is 0.380. The van der Waals surface area contributed by atoms with E-state index in [0.29, 0.717) is 0 Å². The molecule has 0 aliphatic rings. The number of rotatable bonds is 11. The Labute approximate surface area is 157 Å². The lowest BCUT2D eigenvalue weighted by Crippen LogP contribution is -2.27. The topological polar surface area (TPSA) is 101 Å². The Morgan fingerprint density at radius 3 is 1.81 bits per heavy atom. The fraction of sp³-hybridized carbons (Fsp3) is 0.667. The third kappa shape index (κ3) is 11.2. The highest BCUT2D eigenvalue weighted by molar-refractivity contribution is 7.85. The fourth-order valence-electron chi connectivity index (χ4n) is 2.24. The van der Waals surface area contributed by atoms with Crippen LogP contribution in [0, 0.1) is 10.1 Å². The first kappa shape index (κ1) is 24.5. The molecule has 150 valence electrons. The molecule has 1 N–H and O–H groups in total. The normalized spacial score (nSPS) is 11.1. The summed E-state index contributed by atoms with van der Waals surface area (Å²) in [6, 6.07) is 4.17. The molecule has 0 radical (unpaired) electrons. The number of hydrogen-bond acceptors (Lipinski definition) is 5. The summed E-state index contributed by atoms with van der Waals surface area (Å²) in [5.74, 6) is 0. The molecule has 0 amide bonds. The first-order valence-corrected chi connectivity index (χ1v) is 10.6. The lowest BCUT2D eigenvalue weighted by molar-refractivity contribution is -0.385. The number of nitrogens with zero attached hydrogens (tertiary/aromatic N) is 2. The average molecular weight is 389 g/mol. The van der Waals surface area contributed by atoms with E-state index < -0.39 is 19.9 Å². The largest absolute Gasteiger partial charge is 0.303 e. The minimum Gasteiger partial charge on any atom is -0.303 e. The maximum absolute atomic E-state index is 10.5. The number of nitro groups is 1. The lowest BCUT2D eigenvalue weighted by Gasteiger charge is -2.21. The van der Waals surface area contributed by atoms with Crippen LogP contribution in [-0.4, -0.2) is 42.4 Å². The van der Waals surface area contributed by atoms with Gasteiger partial charge >= 0.3 is 0 Å². The van der Waals surface area contributed by atoms with Crippen molar-refractivity contribution in [3.63, 3.8) is 0 Å². The molecule has 0 aromatic heterocycles. The molecular formula is C18H32N2O5S. The number of nitro benzene ring substituents is 1. The predicted molar refractivity (Wildman–Crippen MR) is 104 cm³/mol. The Hall–Kier alpha value is -1.51. The molecule has 0 aliphatic heterocycles. The van der Waals surface area contributed by atoms with Crippen molar-refractivity contribution in [2.45, 2.75) is 64.2 Å². The van der Waals surface area contributed by atoms with Crippen molar-refractivity contribution < 1.29 is 17.9 Å². The van der Waals surface area contributed by atoms with Crippen LogP contribution < -0.4 is 0 Å². The van der Waals surface area contributed by atoms with Gasteiger partial charge in [-0.25, -0.2) is 0 Å². The second-order valence-electron chi connectivity index (χ2n) is 6.13. The highest BCUT2D eigenvalue weighted by Crippen LogP contribution is 2.16. The van der Waals surface area contributed by atoms with Crippen molar-refractivity contribution in [1.29, 1.82) is 0 Å². The molecule has 0 saturated heterocycles.